The maximum Gasteiger partial charge on any atom is 0.0726 e. The van der Waals surface area contributed by atoms with Gasteiger partial charge in [0.15, 0.2) is 0 Å². The van der Waals surface area contributed by atoms with Crippen molar-refractivity contribution in [1.29, 1.82) is 0 Å². The third-order valence-corrected chi connectivity index (χ3v) is 2.12. The van der Waals surface area contributed by atoms with Crippen LogP contribution in [0.25, 0.3) is 0 Å². The van der Waals surface area contributed by atoms with E-state index in [9.17, 15) is 0 Å². The van der Waals surface area contributed by atoms with E-state index in [0.29, 0.717) is 0 Å². The van der Waals surface area contributed by atoms with E-state index < -0.39 is 0 Å². The molecule has 0 saturated heterocycles. The van der Waals surface area contributed by atoms with Crippen molar-refractivity contribution in [1.82, 2.24) is 10.2 Å². The van der Waals surface area contributed by atoms with Crippen LogP contribution in [0.1, 0.15) is 5.56 Å². The molecular formula is C10H10ClN3. The smallest absolute Gasteiger partial charge is 0.0726 e. The van der Waals surface area contributed by atoms with E-state index in [2.05, 4.69) is 15.5 Å². The number of H-pyrrole nitrogens is 1. The molecule has 0 unspecified atom stereocenters. The van der Waals surface area contributed by atoms with Crippen molar-refractivity contribution < 1.29 is 0 Å². The molecule has 0 amide bonds. The van der Waals surface area contributed by atoms with Crippen molar-refractivity contribution in [3.63, 3.8) is 0 Å². The van der Waals surface area contributed by atoms with Gasteiger partial charge in [-0.05, 0) is 17.7 Å². The summed E-state index contributed by atoms with van der Waals surface area (Å²) in [5.74, 6) is 0. The summed E-state index contributed by atoms with van der Waals surface area (Å²) in [6.07, 6.45) is 3.55. The monoisotopic (exact) mass is 207 g/mol. The van der Waals surface area contributed by atoms with Crippen LogP contribution in [-0.2, 0) is 6.54 Å². The lowest BCUT2D eigenvalue weighted by Gasteiger charge is -2.03. The van der Waals surface area contributed by atoms with Gasteiger partial charge in [0.2, 0.25) is 0 Å². The molecule has 2 aromatic rings. The summed E-state index contributed by atoms with van der Waals surface area (Å²) >= 11 is 5.86. The fourth-order valence-electron chi connectivity index (χ4n) is 1.20. The highest BCUT2D eigenvalue weighted by Gasteiger charge is 1.95. The van der Waals surface area contributed by atoms with Gasteiger partial charge in [0.05, 0.1) is 11.9 Å². The second-order valence-corrected chi connectivity index (χ2v) is 3.41. The van der Waals surface area contributed by atoms with Gasteiger partial charge in [0, 0.05) is 17.8 Å². The average molecular weight is 208 g/mol. The van der Waals surface area contributed by atoms with Crippen molar-refractivity contribution in [3.8, 4) is 0 Å². The quantitative estimate of drug-likeness (QED) is 0.813. The number of nitrogens with zero attached hydrogens (tertiary/aromatic N) is 1. The summed E-state index contributed by atoms with van der Waals surface area (Å²) in [4.78, 5) is 0. The highest BCUT2D eigenvalue weighted by molar-refractivity contribution is 6.30. The van der Waals surface area contributed by atoms with Crippen molar-refractivity contribution >= 4 is 17.3 Å². The molecule has 1 heterocycles. The molecule has 0 atom stereocenters. The molecule has 0 aliphatic carbocycles. The van der Waals surface area contributed by atoms with Crippen LogP contribution in [0.15, 0.2) is 36.7 Å². The summed E-state index contributed by atoms with van der Waals surface area (Å²) < 4.78 is 0. The van der Waals surface area contributed by atoms with E-state index in [0.717, 1.165) is 22.8 Å². The summed E-state index contributed by atoms with van der Waals surface area (Å²) in [6.45, 7) is 0.750. The molecule has 0 radical (unpaired) electrons. The largest absolute Gasteiger partial charge is 0.378 e. The van der Waals surface area contributed by atoms with Gasteiger partial charge < -0.3 is 5.32 Å². The Balaban J connectivity index is 1.98. The van der Waals surface area contributed by atoms with Gasteiger partial charge in [-0.1, -0.05) is 23.7 Å². The predicted octanol–water partition coefficient (Wildman–Crippen LogP) is 2.68. The van der Waals surface area contributed by atoms with Crippen molar-refractivity contribution in [3.05, 3.63) is 47.2 Å². The number of anilines is 1. The highest BCUT2D eigenvalue weighted by Crippen LogP contribution is 2.12. The predicted molar refractivity (Wildman–Crippen MR) is 57.4 cm³/mol. The van der Waals surface area contributed by atoms with Gasteiger partial charge in [-0.2, -0.15) is 5.10 Å². The molecule has 2 N–H and O–H groups in total. The number of benzene rings is 1. The standard InChI is InChI=1S/C10H10ClN3/c11-9-3-1-2-8(4-9)5-12-10-6-13-14-7-10/h1-4,6-7,12H,5H2,(H,13,14). The Kier molecular flexibility index (Phi) is 2.70. The minimum Gasteiger partial charge on any atom is -0.378 e. The fourth-order valence-corrected chi connectivity index (χ4v) is 1.41. The van der Waals surface area contributed by atoms with Crippen LogP contribution in [0.4, 0.5) is 5.69 Å². The molecule has 0 fully saturated rings. The molecule has 2 rings (SSSR count). The fraction of sp³-hybridized carbons (Fsp3) is 0.100. The van der Waals surface area contributed by atoms with Gasteiger partial charge in [0.25, 0.3) is 0 Å². The van der Waals surface area contributed by atoms with E-state index >= 15 is 0 Å². The minimum atomic E-state index is 0.750. The van der Waals surface area contributed by atoms with Crippen molar-refractivity contribution in [2.75, 3.05) is 5.32 Å². The molecule has 0 spiro atoms. The zero-order valence-corrected chi connectivity index (χ0v) is 8.25. The molecule has 0 aliphatic rings. The Labute approximate surface area is 87.1 Å². The number of nitrogens with one attached hydrogen (secondary N) is 2. The van der Waals surface area contributed by atoms with Gasteiger partial charge in [0.1, 0.15) is 0 Å². The Bertz CT molecular complexity index is 398. The zero-order chi connectivity index (χ0) is 9.80. The van der Waals surface area contributed by atoms with E-state index in [4.69, 9.17) is 11.6 Å². The molecule has 0 aliphatic heterocycles. The van der Waals surface area contributed by atoms with E-state index in [1.165, 1.54) is 0 Å². The lowest BCUT2D eigenvalue weighted by molar-refractivity contribution is 1.09. The van der Waals surface area contributed by atoms with E-state index in [1.54, 1.807) is 6.20 Å². The molecule has 1 aromatic carbocycles. The number of aromatic amines is 1. The second kappa shape index (κ2) is 4.15. The summed E-state index contributed by atoms with van der Waals surface area (Å²) in [5.41, 5.74) is 2.13. The molecule has 72 valence electrons. The SMILES string of the molecule is Clc1cccc(CNc2cn[nH]c2)c1. The third-order valence-electron chi connectivity index (χ3n) is 1.88. The van der Waals surface area contributed by atoms with E-state index in [-0.39, 0.29) is 0 Å². The first kappa shape index (κ1) is 9.09. The Morgan fingerprint density at radius 3 is 3.07 bits per heavy atom. The van der Waals surface area contributed by atoms with Crippen molar-refractivity contribution in [2.45, 2.75) is 6.54 Å². The summed E-state index contributed by atoms with van der Waals surface area (Å²) in [5, 5.41) is 10.6. The number of hydrogen-bond acceptors (Lipinski definition) is 2. The maximum absolute atomic E-state index is 5.86. The first-order valence-electron chi connectivity index (χ1n) is 4.32. The maximum atomic E-state index is 5.86. The molecular weight excluding hydrogens is 198 g/mol. The van der Waals surface area contributed by atoms with Crippen LogP contribution in [0.3, 0.4) is 0 Å². The molecule has 4 heteroatoms. The van der Waals surface area contributed by atoms with Crippen LogP contribution >= 0.6 is 11.6 Å². The second-order valence-electron chi connectivity index (χ2n) is 2.97. The lowest BCUT2D eigenvalue weighted by Crippen LogP contribution is -1.97. The first-order valence-corrected chi connectivity index (χ1v) is 4.69. The van der Waals surface area contributed by atoms with Gasteiger partial charge in [-0.15, -0.1) is 0 Å². The van der Waals surface area contributed by atoms with Gasteiger partial charge in [-0.25, -0.2) is 0 Å². The number of aromatic nitrogens is 2. The van der Waals surface area contributed by atoms with Crippen LogP contribution in [0.5, 0.6) is 0 Å². The summed E-state index contributed by atoms with van der Waals surface area (Å²) in [7, 11) is 0. The Hall–Kier alpha value is -1.48. The normalized spacial score (nSPS) is 10.1. The van der Waals surface area contributed by atoms with Crippen molar-refractivity contribution in [2.24, 2.45) is 0 Å². The number of rotatable bonds is 3. The topological polar surface area (TPSA) is 40.7 Å². The van der Waals surface area contributed by atoms with E-state index in [1.807, 2.05) is 30.5 Å². The summed E-state index contributed by atoms with van der Waals surface area (Å²) in [6, 6.07) is 7.77. The first-order chi connectivity index (χ1) is 6.84. The molecule has 1 aromatic heterocycles. The highest BCUT2D eigenvalue weighted by atomic mass is 35.5. The molecule has 3 nitrogen and oxygen atoms in total. The third kappa shape index (κ3) is 2.26. The molecule has 0 bridgehead atoms. The lowest BCUT2D eigenvalue weighted by atomic mass is 10.2. The van der Waals surface area contributed by atoms with Gasteiger partial charge in [-0.3, -0.25) is 5.10 Å². The van der Waals surface area contributed by atoms with Crippen LogP contribution in [0, 0.1) is 0 Å². The Morgan fingerprint density at radius 2 is 2.36 bits per heavy atom. The number of hydrogen-bond donors (Lipinski definition) is 2. The average Bonchev–Trinajstić information content (AvgIpc) is 2.67. The number of halogens is 1. The minimum absolute atomic E-state index is 0.750. The van der Waals surface area contributed by atoms with Crippen LogP contribution in [0.2, 0.25) is 5.02 Å². The van der Waals surface area contributed by atoms with Crippen LogP contribution < -0.4 is 5.32 Å². The van der Waals surface area contributed by atoms with Gasteiger partial charge >= 0.3 is 0 Å². The van der Waals surface area contributed by atoms with Crippen LogP contribution in [-0.4, -0.2) is 10.2 Å². The molecule has 14 heavy (non-hydrogen) atoms. The Morgan fingerprint density at radius 1 is 1.43 bits per heavy atom. The molecule has 0 saturated carbocycles. The zero-order valence-electron chi connectivity index (χ0n) is 7.50.